The fourth-order valence-corrected chi connectivity index (χ4v) is 5.91. The predicted octanol–water partition coefficient (Wildman–Crippen LogP) is 6.76. The number of piperazine rings is 1. The summed E-state index contributed by atoms with van der Waals surface area (Å²) in [6.45, 7) is 12.6. The molecule has 0 N–H and O–H groups in total. The molecule has 6 rings (SSSR count). The average Bonchev–Trinajstić information content (AvgIpc) is 3.26. The zero-order chi connectivity index (χ0) is 29.1. The van der Waals surface area contributed by atoms with Crippen LogP contribution in [0.4, 0.5) is 10.5 Å². The van der Waals surface area contributed by atoms with Gasteiger partial charge in [0, 0.05) is 37.9 Å². The van der Waals surface area contributed by atoms with Gasteiger partial charge in [0.15, 0.2) is 0 Å². The fraction of sp³-hybridized carbons (Fsp3) is 0.344. The van der Waals surface area contributed by atoms with Gasteiger partial charge in [-0.15, -0.1) is 0 Å². The molecule has 1 aliphatic rings. The number of aromatic nitrogens is 3. The van der Waals surface area contributed by atoms with E-state index in [1.807, 2.05) is 37.3 Å². The van der Waals surface area contributed by atoms with Crippen molar-refractivity contribution in [3.05, 3.63) is 76.0 Å². The van der Waals surface area contributed by atoms with Crippen LogP contribution in [0.3, 0.4) is 0 Å². The molecule has 0 unspecified atom stereocenters. The first-order valence-electron chi connectivity index (χ1n) is 14.0. The Morgan fingerprint density at radius 2 is 1.59 bits per heavy atom. The van der Waals surface area contributed by atoms with Crippen LogP contribution in [-0.4, -0.2) is 56.7 Å². The first-order valence-corrected chi connectivity index (χ1v) is 14.4. The van der Waals surface area contributed by atoms with Gasteiger partial charge in [-0.2, -0.15) is 4.98 Å². The number of rotatable bonds is 3. The molecular weight excluding hydrogens is 538 g/mol. The largest absolute Gasteiger partial charge is 0.444 e. The number of nitrogens with zero attached hydrogens (tertiary/aromatic N) is 5. The molecule has 1 amide bonds. The number of anilines is 1. The Labute approximate surface area is 243 Å². The van der Waals surface area contributed by atoms with Gasteiger partial charge in [-0.25, -0.2) is 4.79 Å². The van der Waals surface area contributed by atoms with Gasteiger partial charge in [0.05, 0.1) is 27.0 Å². The van der Waals surface area contributed by atoms with Crippen molar-refractivity contribution >= 4 is 51.1 Å². The molecule has 0 bridgehead atoms. The number of benzene rings is 3. The Balaban J connectivity index is 1.31. The molecule has 1 aliphatic heterocycles. The molecule has 8 nitrogen and oxygen atoms in total. The maximum atomic E-state index is 13.0. The lowest BCUT2D eigenvalue weighted by Gasteiger charge is -2.36. The standard InChI is InChI=1S/C32H34ClN5O3/c1-20(2)37-27-19-22(11-14-25(27)38-26-8-6-7-24(33)28(26)29(39)34-30(37)38)21-9-12-23(13-10-21)35-15-17-36(18-16-35)31(40)41-32(3,4)5/h6-14,19-20H,15-18H2,1-5H3. The Hall–Kier alpha value is -4.04. The highest BCUT2D eigenvalue weighted by Gasteiger charge is 2.26. The highest BCUT2D eigenvalue weighted by molar-refractivity contribution is 6.35. The van der Waals surface area contributed by atoms with Crippen molar-refractivity contribution in [2.45, 2.75) is 46.3 Å². The van der Waals surface area contributed by atoms with Crippen LogP contribution in [0.1, 0.15) is 40.7 Å². The van der Waals surface area contributed by atoms with E-state index in [9.17, 15) is 9.59 Å². The van der Waals surface area contributed by atoms with Crippen molar-refractivity contribution in [2.24, 2.45) is 0 Å². The number of halogens is 1. The second-order valence-corrected chi connectivity index (χ2v) is 12.3. The summed E-state index contributed by atoms with van der Waals surface area (Å²) >= 11 is 6.41. The van der Waals surface area contributed by atoms with Gasteiger partial charge in [-0.3, -0.25) is 9.20 Å². The summed E-state index contributed by atoms with van der Waals surface area (Å²) in [6.07, 6.45) is -0.252. The number of ether oxygens (including phenoxy) is 1. The van der Waals surface area contributed by atoms with E-state index >= 15 is 0 Å². The maximum absolute atomic E-state index is 13.0. The summed E-state index contributed by atoms with van der Waals surface area (Å²) in [7, 11) is 0. The van der Waals surface area contributed by atoms with E-state index in [0.29, 0.717) is 29.3 Å². The molecule has 2 aromatic heterocycles. The summed E-state index contributed by atoms with van der Waals surface area (Å²) in [5.41, 5.74) is 5.20. The third-order valence-corrected chi connectivity index (χ3v) is 7.87. The van der Waals surface area contributed by atoms with E-state index < -0.39 is 5.60 Å². The van der Waals surface area contributed by atoms with E-state index in [4.69, 9.17) is 16.3 Å². The molecule has 41 heavy (non-hydrogen) atoms. The van der Waals surface area contributed by atoms with Gasteiger partial charge < -0.3 is 19.1 Å². The zero-order valence-electron chi connectivity index (χ0n) is 24.0. The number of carbonyl (C=O) groups is 1. The molecule has 0 aliphatic carbocycles. The smallest absolute Gasteiger partial charge is 0.410 e. The SMILES string of the molecule is CC(C)n1c2cc(-c3ccc(N4CCN(C(=O)OC(C)(C)C)CC4)cc3)ccc2n2c3cccc(Cl)c3c(=O)nc12. The van der Waals surface area contributed by atoms with Gasteiger partial charge in [0.2, 0.25) is 5.78 Å². The highest BCUT2D eigenvalue weighted by atomic mass is 35.5. The molecule has 212 valence electrons. The van der Waals surface area contributed by atoms with Crippen molar-refractivity contribution in [3.8, 4) is 11.1 Å². The third kappa shape index (κ3) is 4.90. The van der Waals surface area contributed by atoms with E-state index in [0.717, 1.165) is 46.5 Å². The molecule has 0 spiro atoms. The van der Waals surface area contributed by atoms with Gasteiger partial charge in [-0.05, 0) is 82.1 Å². The van der Waals surface area contributed by atoms with Crippen LogP contribution in [0.25, 0.3) is 38.8 Å². The van der Waals surface area contributed by atoms with E-state index in [2.05, 4.69) is 70.8 Å². The van der Waals surface area contributed by atoms with Crippen LogP contribution in [0.5, 0.6) is 0 Å². The summed E-state index contributed by atoms with van der Waals surface area (Å²) in [5, 5.41) is 0.837. The van der Waals surface area contributed by atoms with E-state index in [1.54, 1.807) is 11.0 Å². The molecule has 1 saturated heterocycles. The molecule has 9 heteroatoms. The van der Waals surface area contributed by atoms with Crippen molar-refractivity contribution in [1.29, 1.82) is 0 Å². The van der Waals surface area contributed by atoms with Crippen LogP contribution in [0.15, 0.2) is 65.5 Å². The Kier molecular flexibility index (Phi) is 6.69. The topological polar surface area (TPSA) is 72.1 Å². The molecule has 3 heterocycles. The number of hydrogen-bond acceptors (Lipinski definition) is 5. The van der Waals surface area contributed by atoms with E-state index in [-0.39, 0.29) is 17.7 Å². The predicted molar refractivity (Wildman–Crippen MR) is 165 cm³/mol. The minimum atomic E-state index is -0.494. The van der Waals surface area contributed by atoms with Crippen LogP contribution in [-0.2, 0) is 4.74 Å². The molecule has 1 fully saturated rings. The third-order valence-electron chi connectivity index (χ3n) is 7.55. The molecule has 5 aromatic rings. The fourth-order valence-electron chi connectivity index (χ4n) is 5.65. The summed E-state index contributed by atoms with van der Waals surface area (Å²) in [6, 6.07) is 20.5. The number of amides is 1. The quantitative estimate of drug-likeness (QED) is 0.239. The lowest BCUT2D eigenvalue weighted by molar-refractivity contribution is 0.0240. The summed E-state index contributed by atoms with van der Waals surface area (Å²) in [5.74, 6) is 0.604. The average molecular weight is 572 g/mol. The second kappa shape index (κ2) is 10.1. The minimum Gasteiger partial charge on any atom is -0.444 e. The summed E-state index contributed by atoms with van der Waals surface area (Å²) in [4.78, 5) is 33.9. The first-order chi connectivity index (χ1) is 19.5. The van der Waals surface area contributed by atoms with Gasteiger partial charge in [-0.1, -0.05) is 35.9 Å². The Morgan fingerprint density at radius 3 is 2.24 bits per heavy atom. The van der Waals surface area contributed by atoms with Gasteiger partial charge in [0.1, 0.15) is 5.60 Å². The molecular formula is C32H34ClN5O3. The number of carbonyl (C=O) groups excluding carboxylic acids is 1. The normalized spacial score (nSPS) is 14.5. The second-order valence-electron chi connectivity index (χ2n) is 11.9. The van der Waals surface area contributed by atoms with Crippen LogP contribution in [0.2, 0.25) is 5.02 Å². The van der Waals surface area contributed by atoms with E-state index in [1.165, 1.54) is 0 Å². The maximum Gasteiger partial charge on any atom is 0.410 e. The number of fused-ring (bicyclic) bond motifs is 5. The molecule has 0 radical (unpaired) electrons. The molecule has 0 saturated carbocycles. The Morgan fingerprint density at radius 1 is 0.902 bits per heavy atom. The first kappa shape index (κ1) is 27.1. The molecule has 3 aromatic carbocycles. The van der Waals surface area contributed by atoms with Crippen molar-refractivity contribution in [2.75, 3.05) is 31.1 Å². The Bertz CT molecular complexity index is 1840. The highest BCUT2D eigenvalue weighted by Crippen LogP contribution is 2.32. The summed E-state index contributed by atoms with van der Waals surface area (Å²) < 4.78 is 9.67. The van der Waals surface area contributed by atoms with Crippen molar-refractivity contribution < 1.29 is 9.53 Å². The lowest BCUT2D eigenvalue weighted by Crippen LogP contribution is -2.50. The minimum absolute atomic E-state index is 0.0861. The lowest BCUT2D eigenvalue weighted by atomic mass is 10.0. The van der Waals surface area contributed by atoms with Crippen LogP contribution >= 0.6 is 11.6 Å². The van der Waals surface area contributed by atoms with Crippen molar-refractivity contribution in [3.63, 3.8) is 0 Å². The van der Waals surface area contributed by atoms with Gasteiger partial charge in [0.25, 0.3) is 5.56 Å². The zero-order valence-corrected chi connectivity index (χ0v) is 24.8. The van der Waals surface area contributed by atoms with Crippen LogP contribution < -0.4 is 10.5 Å². The monoisotopic (exact) mass is 571 g/mol. The molecule has 0 atom stereocenters. The van der Waals surface area contributed by atoms with Crippen LogP contribution in [0, 0.1) is 0 Å². The number of hydrogen-bond donors (Lipinski definition) is 0. The van der Waals surface area contributed by atoms with Crippen molar-refractivity contribution in [1.82, 2.24) is 18.9 Å². The van der Waals surface area contributed by atoms with Gasteiger partial charge >= 0.3 is 6.09 Å². The number of imidazole rings is 1.